The summed E-state index contributed by atoms with van der Waals surface area (Å²) in [6, 6.07) is -0.0270. The van der Waals surface area contributed by atoms with Crippen LogP contribution in [0.25, 0.3) is 0 Å². The molecule has 0 aliphatic carbocycles. The fourth-order valence-corrected chi connectivity index (χ4v) is 2.44. The smallest absolute Gasteiger partial charge is 0.0672 e. The molecule has 0 amide bonds. The predicted octanol–water partition coefficient (Wildman–Crippen LogP) is -2.01. The van der Waals surface area contributed by atoms with Crippen LogP contribution in [-0.4, -0.2) is 62.5 Å². The molecular weight excluding hydrogens is 292 g/mol. The van der Waals surface area contributed by atoms with Gasteiger partial charge in [0.25, 0.3) is 0 Å². The van der Waals surface area contributed by atoms with Crippen molar-refractivity contribution in [3.05, 3.63) is 0 Å². The third kappa shape index (κ3) is 12.7. The SMILES string of the molecule is NCCCC(N)N(CCCCCCNC(N)CN)CC(N)CN. The maximum Gasteiger partial charge on any atom is 0.0672 e. The van der Waals surface area contributed by atoms with Crippen LogP contribution in [0.4, 0.5) is 0 Å². The highest BCUT2D eigenvalue weighted by Crippen LogP contribution is 2.07. The zero-order valence-electron chi connectivity index (χ0n) is 14.6. The molecule has 0 bridgehead atoms. The van der Waals surface area contributed by atoms with Crippen molar-refractivity contribution in [2.75, 3.05) is 39.3 Å². The first-order valence-corrected chi connectivity index (χ1v) is 8.89. The lowest BCUT2D eigenvalue weighted by Crippen LogP contribution is -2.50. The molecule has 0 aliphatic heterocycles. The van der Waals surface area contributed by atoms with Crippen LogP contribution in [0.3, 0.4) is 0 Å². The second-order valence-corrected chi connectivity index (χ2v) is 6.20. The van der Waals surface area contributed by atoms with E-state index in [9.17, 15) is 0 Å². The van der Waals surface area contributed by atoms with E-state index in [0.29, 0.717) is 19.6 Å². The van der Waals surface area contributed by atoms with Crippen LogP contribution in [0.2, 0.25) is 0 Å². The number of rotatable bonds is 16. The zero-order valence-corrected chi connectivity index (χ0v) is 14.6. The molecule has 0 radical (unpaired) electrons. The summed E-state index contributed by atoms with van der Waals surface area (Å²) in [5.41, 5.74) is 34.6. The topological polar surface area (TPSA) is 171 Å². The second kappa shape index (κ2) is 15.2. The molecule has 0 aliphatic rings. The maximum absolute atomic E-state index is 6.26. The summed E-state index contributed by atoms with van der Waals surface area (Å²) >= 11 is 0. The molecule has 0 rings (SSSR count). The van der Waals surface area contributed by atoms with Crippen molar-refractivity contribution in [2.45, 2.75) is 56.9 Å². The van der Waals surface area contributed by atoms with Crippen molar-refractivity contribution >= 4 is 0 Å². The lowest BCUT2D eigenvalue weighted by Gasteiger charge is -2.31. The van der Waals surface area contributed by atoms with E-state index in [1.807, 2.05) is 0 Å². The van der Waals surface area contributed by atoms with Crippen molar-refractivity contribution in [3.8, 4) is 0 Å². The van der Waals surface area contributed by atoms with Gasteiger partial charge >= 0.3 is 0 Å². The lowest BCUT2D eigenvalue weighted by atomic mass is 10.1. The Balaban J connectivity index is 3.90. The quantitative estimate of drug-likeness (QED) is 0.125. The van der Waals surface area contributed by atoms with Crippen molar-refractivity contribution < 1.29 is 0 Å². The van der Waals surface area contributed by atoms with Gasteiger partial charge in [0, 0.05) is 25.7 Å². The van der Waals surface area contributed by atoms with Crippen molar-refractivity contribution in [2.24, 2.45) is 34.4 Å². The van der Waals surface area contributed by atoms with Gasteiger partial charge < -0.3 is 39.7 Å². The average Bonchev–Trinajstić information content (AvgIpc) is 2.56. The number of nitrogens with two attached hydrogens (primary N) is 6. The van der Waals surface area contributed by atoms with E-state index in [4.69, 9.17) is 34.4 Å². The highest BCUT2D eigenvalue weighted by Gasteiger charge is 2.16. The Morgan fingerprint density at radius 2 is 1.52 bits per heavy atom. The van der Waals surface area contributed by atoms with Gasteiger partial charge in [-0.05, 0) is 45.3 Å². The van der Waals surface area contributed by atoms with Gasteiger partial charge in [-0.2, -0.15) is 0 Å². The van der Waals surface area contributed by atoms with Gasteiger partial charge in [0.15, 0.2) is 0 Å². The third-order valence-electron chi connectivity index (χ3n) is 3.98. The Morgan fingerprint density at radius 1 is 0.826 bits per heavy atom. The van der Waals surface area contributed by atoms with E-state index in [1.165, 1.54) is 6.42 Å². The van der Waals surface area contributed by atoms with E-state index < -0.39 is 0 Å². The van der Waals surface area contributed by atoms with Gasteiger partial charge in [-0.25, -0.2) is 0 Å². The van der Waals surface area contributed by atoms with Gasteiger partial charge in [-0.15, -0.1) is 0 Å². The van der Waals surface area contributed by atoms with Crippen LogP contribution in [0.1, 0.15) is 38.5 Å². The third-order valence-corrected chi connectivity index (χ3v) is 3.98. The Morgan fingerprint density at radius 3 is 2.13 bits per heavy atom. The molecule has 0 heterocycles. The Labute approximate surface area is 141 Å². The Hall–Kier alpha value is -0.320. The van der Waals surface area contributed by atoms with Gasteiger partial charge in [0.05, 0.1) is 12.3 Å². The molecule has 0 spiro atoms. The molecule has 0 fully saturated rings. The summed E-state index contributed by atoms with van der Waals surface area (Å²) in [5, 5.41) is 3.19. The molecule has 13 N–H and O–H groups in total. The number of nitrogens with one attached hydrogen (secondary N) is 1. The fourth-order valence-electron chi connectivity index (χ4n) is 2.44. The largest absolute Gasteiger partial charge is 0.330 e. The second-order valence-electron chi connectivity index (χ2n) is 6.20. The molecule has 0 saturated heterocycles. The number of unbranched alkanes of at least 4 members (excludes halogenated alkanes) is 3. The van der Waals surface area contributed by atoms with Gasteiger partial charge in [-0.1, -0.05) is 12.8 Å². The summed E-state index contributed by atoms with van der Waals surface area (Å²) in [6.07, 6.45) is 6.30. The van der Waals surface area contributed by atoms with E-state index in [0.717, 1.165) is 51.7 Å². The molecule has 3 unspecified atom stereocenters. The lowest BCUT2D eigenvalue weighted by molar-refractivity contribution is 0.174. The molecule has 23 heavy (non-hydrogen) atoms. The Bertz CT molecular complexity index is 254. The molecule has 0 aromatic carbocycles. The van der Waals surface area contributed by atoms with E-state index >= 15 is 0 Å². The van der Waals surface area contributed by atoms with Crippen LogP contribution >= 0.6 is 0 Å². The molecule has 3 atom stereocenters. The van der Waals surface area contributed by atoms with Crippen LogP contribution < -0.4 is 39.7 Å². The first kappa shape index (κ1) is 22.7. The maximum atomic E-state index is 6.26. The number of hydrogen-bond acceptors (Lipinski definition) is 8. The van der Waals surface area contributed by atoms with E-state index in [1.54, 1.807) is 0 Å². The van der Waals surface area contributed by atoms with Gasteiger partial charge in [0.1, 0.15) is 0 Å². The van der Waals surface area contributed by atoms with Gasteiger partial charge in [0.2, 0.25) is 0 Å². The van der Waals surface area contributed by atoms with Gasteiger partial charge in [-0.3, -0.25) is 4.90 Å². The normalized spacial score (nSPS) is 15.8. The number of hydrogen-bond donors (Lipinski definition) is 7. The average molecular weight is 333 g/mol. The number of nitrogens with zero attached hydrogens (tertiary/aromatic N) is 1. The van der Waals surface area contributed by atoms with Crippen LogP contribution in [0.5, 0.6) is 0 Å². The van der Waals surface area contributed by atoms with E-state index in [-0.39, 0.29) is 18.4 Å². The van der Waals surface area contributed by atoms with Crippen molar-refractivity contribution in [1.29, 1.82) is 0 Å². The van der Waals surface area contributed by atoms with Crippen LogP contribution in [0.15, 0.2) is 0 Å². The molecule has 8 heteroatoms. The first-order chi connectivity index (χ1) is 11.0. The predicted molar refractivity (Wildman–Crippen MR) is 98.4 cm³/mol. The fraction of sp³-hybridized carbons (Fsp3) is 1.00. The summed E-state index contributed by atoms with van der Waals surface area (Å²) in [5.74, 6) is 0. The minimum Gasteiger partial charge on any atom is -0.330 e. The molecular formula is C15H40N8. The minimum atomic E-state index is -0.0937. The van der Waals surface area contributed by atoms with Crippen molar-refractivity contribution in [1.82, 2.24) is 10.2 Å². The molecule has 0 aromatic heterocycles. The van der Waals surface area contributed by atoms with Crippen LogP contribution in [0, 0.1) is 0 Å². The molecule has 8 nitrogen and oxygen atoms in total. The van der Waals surface area contributed by atoms with Crippen LogP contribution in [-0.2, 0) is 0 Å². The highest BCUT2D eigenvalue weighted by molar-refractivity contribution is 4.73. The summed E-state index contributed by atoms with van der Waals surface area (Å²) in [4.78, 5) is 2.25. The Kier molecular flexibility index (Phi) is 15.0. The monoisotopic (exact) mass is 332 g/mol. The highest BCUT2D eigenvalue weighted by atomic mass is 15.2. The summed E-state index contributed by atoms with van der Waals surface area (Å²) < 4.78 is 0. The van der Waals surface area contributed by atoms with E-state index in [2.05, 4.69) is 10.2 Å². The minimum absolute atomic E-state index is 0.0142. The molecule has 0 aromatic rings. The summed E-state index contributed by atoms with van der Waals surface area (Å²) in [6.45, 7) is 4.23. The van der Waals surface area contributed by atoms with Crippen molar-refractivity contribution in [3.63, 3.8) is 0 Å². The zero-order chi connectivity index (χ0) is 17.5. The molecule has 0 saturated carbocycles. The molecule has 140 valence electrons. The standard InChI is InChI=1S/C15H40N8/c16-7-5-6-15(21)23(12-13(19)10-17)9-4-2-1-3-8-22-14(20)11-18/h13-15,22H,1-12,16-21H2. The first-order valence-electron chi connectivity index (χ1n) is 8.89. The summed E-state index contributed by atoms with van der Waals surface area (Å²) in [7, 11) is 0.